The molecule has 1 amide bonds. The molecule has 0 saturated heterocycles. The quantitative estimate of drug-likeness (QED) is 0.388. The van der Waals surface area contributed by atoms with E-state index < -0.39 is 0 Å². The highest BCUT2D eigenvalue weighted by molar-refractivity contribution is 9.11. The average Bonchev–Trinajstić information content (AvgIpc) is 2.90. The number of hydrogen-bond donors (Lipinski definition) is 3. The number of aromatic hydroxyl groups is 1. The fourth-order valence-corrected chi connectivity index (χ4v) is 4.52. The van der Waals surface area contributed by atoms with Crippen LogP contribution in [0, 0.1) is 6.92 Å². The van der Waals surface area contributed by atoms with Gasteiger partial charge in [0.2, 0.25) is 0 Å². The first-order valence-electron chi connectivity index (χ1n) is 6.89. The number of thiophene rings is 1. The number of anilines is 1. The number of hydrazone groups is 1. The highest BCUT2D eigenvalue weighted by Gasteiger charge is 2.18. The van der Waals surface area contributed by atoms with Gasteiger partial charge in [0, 0.05) is 10.0 Å². The molecule has 0 aliphatic heterocycles. The summed E-state index contributed by atoms with van der Waals surface area (Å²) in [7, 11) is 0. The van der Waals surface area contributed by atoms with Crippen molar-refractivity contribution < 1.29 is 9.90 Å². The summed E-state index contributed by atoms with van der Waals surface area (Å²) in [5.74, 6) is -0.0165. The zero-order valence-electron chi connectivity index (χ0n) is 12.7. The van der Waals surface area contributed by atoms with Gasteiger partial charge in [-0.3, -0.25) is 4.79 Å². The first-order chi connectivity index (χ1) is 11.9. The van der Waals surface area contributed by atoms with Crippen molar-refractivity contribution in [1.82, 2.24) is 15.4 Å². The van der Waals surface area contributed by atoms with E-state index >= 15 is 0 Å². The van der Waals surface area contributed by atoms with Gasteiger partial charge in [-0.25, -0.2) is 15.4 Å². The highest BCUT2D eigenvalue weighted by Crippen LogP contribution is 2.32. The van der Waals surface area contributed by atoms with Crippen LogP contribution in [0.1, 0.15) is 20.8 Å². The van der Waals surface area contributed by atoms with E-state index in [4.69, 9.17) is 5.73 Å². The van der Waals surface area contributed by atoms with E-state index in [9.17, 15) is 9.90 Å². The summed E-state index contributed by atoms with van der Waals surface area (Å²) in [6.45, 7) is 1.79. The molecule has 0 radical (unpaired) electrons. The van der Waals surface area contributed by atoms with Crippen molar-refractivity contribution in [2.75, 3.05) is 5.73 Å². The number of aromatic nitrogens is 2. The molecule has 7 nitrogen and oxygen atoms in total. The second-order valence-electron chi connectivity index (χ2n) is 5.02. The van der Waals surface area contributed by atoms with Crippen LogP contribution in [-0.2, 0) is 0 Å². The molecule has 0 unspecified atom stereocenters. The van der Waals surface area contributed by atoms with Crippen LogP contribution in [0.5, 0.6) is 5.75 Å². The Hall–Kier alpha value is -2.04. The van der Waals surface area contributed by atoms with Gasteiger partial charge >= 0.3 is 0 Å². The number of fused-ring (bicyclic) bond motifs is 1. The van der Waals surface area contributed by atoms with E-state index in [0.717, 1.165) is 4.47 Å². The molecule has 0 saturated carbocycles. The van der Waals surface area contributed by atoms with Crippen LogP contribution in [0.3, 0.4) is 0 Å². The number of rotatable bonds is 3. The van der Waals surface area contributed by atoms with Crippen LogP contribution < -0.4 is 11.2 Å². The molecular weight excluding hydrogens is 474 g/mol. The number of phenolic OH excluding ortho intramolecular Hbond substituents is 1. The minimum atomic E-state index is -0.385. The van der Waals surface area contributed by atoms with Crippen LogP contribution in [0.15, 0.2) is 32.5 Å². The minimum absolute atomic E-state index is 0.0299. The number of nitrogens with one attached hydrogen (secondary N) is 1. The smallest absolute Gasteiger partial charge is 0.281 e. The lowest BCUT2D eigenvalue weighted by Crippen LogP contribution is -2.17. The van der Waals surface area contributed by atoms with Crippen LogP contribution in [-0.4, -0.2) is 27.2 Å². The molecule has 3 aromatic rings. The summed E-state index contributed by atoms with van der Waals surface area (Å²) >= 11 is 7.78. The third kappa shape index (κ3) is 3.51. The zero-order chi connectivity index (χ0) is 18.1. The normalized spacial score (nSPS) is 11.3. The predicted molar refractivity (Wildman–Crippen MR) is 105 cm³/mol. The minimum Gasteiger partial charge on any atom is -0.506 e. The van der Waals surface area contributed by atoms with Gasteiger partial charge in [-0.1, -0.05) is 15.9 Å². The highest BCUT2D eigenvalue weighted by atomic mass is 79.9. The van der Waals surface area contributed by atoms with Crippen molar-refractivity contribution in [2.24, 2.45) is 5.10 Å². The van der Waals surface area contributed by atoms with Gasteiger partial charge < -0.3 is 10.8 Å². The third-order valence-electron chi connectivity index (χ3n) is 3.39. The maximum Gasteiger partial charge on any atom is 0.281 e. The Labute approximate surface area is 163 Å². The molecule has 128 valence electrons. The predicted octanol–water partition coefficient (Wildman–Crippen LogP) is 3.58. The molecule has 0 aliphatic rings. The van der Waals surface area contributed by atoms with Crippen molar-refractivity contribution in [3.8, 4) is 5.75 Å². The van der Waals surface area contributed by atoms with Crippen molar-refractivity contribution in [3.05, 3.63) is 43.4 Å². The number of aryl methyl sites for hydroxylation is 1. The summed E-state index contributed by atoms with van der Waals surface area (Å²) in [6, 6.07) is 3.38. The largest absolute Gasteiger partial charge is 0.506 e. The van der Waals surface area contributed by atoms with Gasteiger partial charge in [-0.15, -0.1) is 11.3 Å². The summed E-state index contributed by atoms with van der Waals surface area (Å²) < 4.78 is 1.28. The first-order valence-corrected chi connectivity index (χ1v) is 9.29. The lowest BCUT2D eigenvalue weighted by atomic mass is 10.2. The number of nitrogens with two attached hydrogens (primary N) is 1. The molecule has 1 aromatic carbocycles. The maximum absolute atomic E-state index is 12.4. The van der Waals surface area contributed by atoms with Gasteiger partial charge in [-0.05, 0) is 40.5 Å². The average molecular weight is 485 g/mol. The molecule has 25 heavy (non-hydrogen) atoms. The van der Waals surface area contributed by atoms with Gasteiger partial charge in [-0.2, -0.15) is 5.10 Å². The van der Waals surface area contributed by atoms with Gasteiger partial charge in [0.25, 0.3) is 5.91 Å². The lowest BCUT2D eigenvalue weighted by Gasteiger charge is -2.03. The molecule has 2 heterocycles. The molecule has 0 aliphatic carbocycles. The summed E-state index contributed by atoms with van der Waals surface area (Å²) in [6.07, 6.45) is 2.72. The molecule has 0 bridgehead atoms. The molecule has 3 rings (SSSR count). The van der Waals surface area contributed by atoms with E-state index in [-0.39, 0.29) is 11.7 Å². The van der Waals surface area contributed by atoms with Gasteiger partial charge in [0.05, 0.1) is 21.0 Å². The van der Waals surface area contributed by atoms with Crippen LogP contribution in [0.4, 0.5) is 5.82 Å². The fraction of sp³-hybridized carbons (Fsp3) is 0.0667. The number of phenols is 1. The van der Waals surface area contributed by atoms with Crippen molar-refractivity contribution in [1.29, 1.82) is 0 Å². The zero-order valence-corrected chi connectivity index (χ0v) is 16.7. The number of halogens is 2. The third-order valence-corrected chi connectivity index (χ3v) is 5.65. The van der Waals surface area contributed by atoms with E-state index in [1.54, 1.807) is 19.1 Å². The molecule has 0 spiro atoms. The number of nitrogens with zero attached hydrogens (tertiary/aromatic N) is 3. The topological polar surface area (TPSA) is 113 Å². The first kappa shape index (κ1) is 17.8. The Kier molecular flexibility index (Phi) is 5.02. The Morgan fingerprint density at radius 2 is 2.16 bits per heavy atom. The van der Waals surface area contributed by atoms with Crippen molar-refractivity contribution in [3.63, 3.8) is 0 Å². The maximum atomic E-state index is 12.4. The molecule has 10 heteroatoms. The van der Waals surface area contributed by atoms with E-state index in [1.165, 1.54) is 23.9 Å². The Bertz CT molecular complexity index is 1020. The molecular formula is C15H11Br2N5O2S. The Balaban J connectivity index is 1.84. The Morgan fingerprint density at radius 3 is 2.88 bits per heavy atom. The number of amides is 1. The number of hydrogen-bond acceptors (Lipinski definition) is 7. The fourth-order valence-electron chi connectivity index (χ4n) is 2.21. The van der Waals surface area contributed by atoms with Crippen LogP contribution in [0.25, 0.3) is 10.2 Å². The number of carbonyl (C=O) groups excluding carboxylic acids is 1. The van der Waals surface area contributed by atoms with E-state index in [2.05, 4.69) is 52.4 Å². The van der Waals surface area contributed by atoms with Gasteiger partial charge in [0.1, 0.15) is 22.7 Å². The van der Waals surface area contributed by atoms with Gasteiger partial charge in [0.15, 0.2) is 0 Å². The molecule has 0 fully saturated rings. The Morgan fingerprint density at radius 1 is 1.40 bits per heavy atom. The van der Waals surface area contributed by atoms with Crippen LogP contribution in [0.2, 0.25) is 0 Å². The van der Waals surface area contributed by atoms with E-state index in [0.29, 0.717) is 36.5 Å². The summed E-state index contributed by atoms with van der Waals surface area (Å²) in [4.78, 5) is 21.5. The molecule has 2 aromatic heterocycles. The summed E-state index contributed by atoms with van der Waals surface area (Å²) in [5, 5.41) is 14.6. The van der Waals surface area contributed by atoms with Crippen molar-refractivity contribution in [2.45, 2.75) is 6.92 Å². The molecule has 4 N–H and O–H groups in total. The number of carbonyl (C=O) groups is 1. The number of nitrogen functional groups attached to an aromatic ring is 1. The van der Waals surface area contributed by atoms with E-state index in [1.807, 2.05) is 0 Å². The second-order valence-corrected chi connectivity index (χ2v) is 7.79. The standard InChI is InChI=1S/C15H11Br2N5O2S/c1-6-10-13(18)19-5-20-15(10)25-12(6)14(24)22-21-4-7-2-8(16)3-9(17)11(7)23/h2-5,23H,1H3,(H,22,24)(H2,18,19,20)/b21-4-. The lowest BCUT2D eigenvalue weighted by molar-refractivity contribution is 0.0958. The second kappa shape index (κ2) is 7.06. The SMILES string of the molecule is Cc1c(C(=O)N/N=C\c2cc(Br)cc(Br)c2O)sc2ncnc(N)c12. The van der Waals surface area contributed by atoms with Crippen molar-refractivity contribution >= 4 is 71.4 Å². The summed E-state index contributed by atoms with van der Waals surface area (Å²) in [5.41, 5.74) is 9.45. The number of benzene rings is 1. The molecule has 0 atom stereocenters. The van der Waals surface area contributed by atoms with Crippen LogP contribution >= 0.6 is 43.2 Å². The monoisotopic (exact) mass is 483 g/mol.